The van der Waals surface area contributed by atoms with E-state index < -0.39 is 0 Å². The van der Waals surface area contributed by atoms with Gasteiger partial charge in [-0.2, -0.15) is 0 Å². The maximum Gasteiger partial charge on any atom is 0.0514 e. The van der Waals surface area contributed by atoms with E-state index in [0.29, 0.717) is 0 Å². The largest absolute Gasteiger partial charge is 0.361 e. The predicted molar refractivity (Wildman–Crippen MR) is 555 cm³/mol. The summed E-state index contributed by atoms with van der Waals surface area (Å²) in [5.74, 6) is 0. The number of hydrogen-bond acceptors (Lipinski definition) is 9. The van der Waals surface area contributed by atoms with Crippen LogP contribution in [0.3, 0.4) is 0 Å². The van der Waals surface area contributed by atoms with Gasteiger partial charge in [0.25, 0.3) is 0 Å². The SMILES string of the molecule is C1=CCCC(N(C2=CCCC=C2)c2ccc(-c3c(-c4ccc(N(c5ccccc5)c5ccccc5)cc4)sc4c5c(C6=CC=C(N(C7=CCCC=C7)c7ccccc7)CC6)c(-c6ccc(N(c7ccccc7)c7ccccc7)cc6)sc5c5c(C6=CCC(N(C7=CC=CCC7)C7C=CC=CC7)C=C6)c(-c6ccc(N(c7ccccc7)c7ccccc7)cc6)sc5c34)cc2)=C1. The lowest BCUT2D eigenvalue weighted by molar-refractivity contribution is 0.237. The van der Waals surface area contributed by atoms with E-state index in [2.05, 4.69) is 466 Å². The van der Waals surface area contributed by atoms with Crippen molar-refractivity contribution in [1.29, 1.82) is 0 Å². The van der Waals surface area contributed by atoms with Gasteiger partial charge < -0.3 is 29.4 Å². The number of allylic oxidation sites excluding steroid dienone is 22. The molecule has 22 rings (SSSR count). The number of nitrogens with zero attached hydrogens (tertiary/aromatic N) is 6. The quantitative estimate of drug-likeness (QED) is 0.0596. The third kappa shape index (κ3) is 16.0. The van der Waals surface area contributed by atoms with E-state index in [1.165, 1.54) is 129 Å². The van der Waals surface area contributed by atoms with Gasteiger partial charge in [-0.3, -0.25) is 0 Å². The average Bonchev–Trinajstić information content (AvgIpc) is 1.52. The molecular formula is C120H98N6S3. The Labute approximate surface area is 769 Å². The maximum absolute atomic E-state index is 2.75. The van der Waals surface area contributed by atoms with Crippen molar-refractivity contribution in [3.05, 3.63) is 477 Å². The molecule has 12 aromatic carbocycles. The molecule has 0 amide bonds. The zero-order chi connectivity index (χ0) is 85.8. The second kappa shape index (κ2) is 36.6. The van der Waals surface area contributed by atoms with Gasteiger partial charge in [0, 0.05) is 153 Å². The zero-order valence-corrected chi connectivity index (χ0v) is 74.6. The van der Waals surface area contributed by atoms with Crippen molar-refractivity contribution in [2.45, 2.75) is 89.1 Å². The fraction of sp³-hybridized carbons (Fsp3) is 0.117. The fourth-order valence-electron chi connectivity index (χ4n) is 19.9. The second-order valence-electron chi connectivity index (χ2n) is 33.9. The summed E-state index contributed by atoms with van der Waals surface area (Å²) in [6.07, 6.45) is 61.6. The van der Waals surface area contributed by atoms with Crippen LogP contribution in [-0.4, -0.2) is 17.0 Å². The highest BCUT2D eigenvalue weighted by atomic mass is 32.1. The van der Waals surface area contributed by atoms with Gasteiger partial charge in [-0.25, -0.2) is 0 Å². The highest BCUT2D eigenvalue weighted by molar-refractivity contribution is 7.30. The van der Waals surface area contributed by atoms with Gasteiger partial charge in [0.15, 0.2) is 0 Å². The monoisotopic (exact) mass is 1720 g/mol. The molecule has 0 saturated heterocycles. The number of benzene rings is 12. The first-order chi connectivity index (χ1) is 64.0. The molecule has 9 heteroatoms. The van der Waals surface area contributed by atoms with E-state index in [1.807, 2.05) is 34.0 Å². The highest BCUT2D eigenvalue weighted by Gasteiger charge is 2.35. The standard InChI is InChI=1S/C120H98N6S3/c1-13-37-91(38-14-1)121(92-39-15-2-16-40-92)103-73-61-85(62-74-103)109-112-118(127-115(109)88-67-79-106(80-68-88)124(97-49-25-7-26-50-97)98-51-27-8-28-52-98)113-110(86-63-75-104(76-64-86)122(93-41-17-3-18-42-93)94-43-19-4-20-44-94)117(90-71-83-108(84-72-90)126(101-57-33-11-34-58-101)102-59-35-12-36-60-102)129-120(113)114-111(87-65-77-105(78-66-87)123(95-45-21-5-22-46-95)96-47-23-6-24-48-96)116(128-119(112)114)89-69-81-107(82-70-89)125(99-53-29-9-30-54-99)100-55-31-10-32-56-100/h1-3,5,7-15,17,19,21-23,25-37,39,41,43-65,67-73,75-77,79-84,91,103H,4,6,16,18,20,24,38,40,42,66,74,78H2. The van der Waals surface area contributed by atoms with Gasteiger partial charge >= 0.3 is 0 Å². The minimum atomic E-state index is 0.135. The van der Waals surface area contributed by atoms with Crippen LogP contribution in [0.25, 0.3) is 83.9 Å². The molecule has 7 aliphatic carbocycles. The van der Waals surface area contributed by atoms with Gasteiger partial charge in [0.2, 0.25) is 0 Å². The molecule has 2 unspecified atom stereocenters. The molecule has 15 aromatic rings. The Balaban J connectivity index is 0.846. The van der Waals surface area contributed by atoms with Crippen molar-refractivity contribution in [2.75, 3.05) is 24.5 Å². The summed E-state index contributed by atoms with van der Waals surface area (Å²) in [5.41, 5.74) is 29.8. The molecule has 2 atom stereocenters. The molecule has 0 N–H and O–H groups in total. The van der Waals surface area contributed by atoms with Gasteiger partial charge in [0.1, 0.15) is 0 Å². The third-order valence-electron chi connectivity index (χ3n) is 25.9. The Morgan fingerprint density at radius 3 is 0.977 bits per heavy atom. The summed E-state index contributed by atoms with van der Waals surface area (Å²) in [4.78, 5) is 18.7. The van der Waals surface area contributed by atoms with E-state index in [0.717, 1.165) is 134 Å². The van der Waals surface area contributed by atoms with Crippen molar-refractivity contribution < 1.29 is 0 Å². The number of anilines is 11. The first kappa shape index (κ1) is 80.5. The summed E-state index contributed by atoms with van der Waals surface area (Å²) >= 11 is 5.98. The summed E-state index contributed by atoms with van der Waals surface area (Å²) < 4.78 is 3.88. The van der Waals surface area contributed by atoms with Crippen LogP contribution in [0.4, 0.5) is 62.6 Å². The molecule has 6 nitrogen and oxygen atoms in total. The smallest absolute Gasteiger partial charge is 0.0514 e. The van der Waals surface area contributed by atoms with Crippen molar-refractivity contribution in [2.24, 2.45) is 0 Å². The number of thiophene rings is 3. The van der Waals surface area contributed by atoms with Crippen LogP contribution in [0.1, 0.15) is 88.2 Å². The maximum atomic E-state index is 2.75. The van der Waals surface area contributed by atoms with E-state index in [9.17, 15) is 0 Å². The van der Waals surface area contributed by atoms with Gasteiger partial charge in [-0.05, 0) is 274 Å². The van der Waals surface area contributed by atoms with Crippen molar-refractivity contribution in [1.82, 2.24) is 4.90 Å². The van der Waals surface area contributed by atoms with Crippen LogP contribution in [0.2, 0.25) is 0 Å². The van der Waals surface area contributed by atoms with E-state index in [-0.39, 0.29) is 12.1 Å². The number of para-hydroxylation sites is 7. The molecular weight excluding hydrogens is 1620 g/mol. The van der Waals surface area contributed by atoms with Crippen molar-refractivity contribution >= 4 is 138 Å². The van der Waals surface area contributed by atoms with E-state index >= 15 is 0 Å². The van der Waals surface area contributed by atoms with Crippen LogP contribution in [0.15, 0.2) is 465 Å². The van der Waals surface area contributed by atoms with Crippen molar-refractivity contribution in [3.8, 4) is 42.4 Å². The molecule has 3 heterocycles. The average molecular weight is 1720 g/mol. The normalized spacial score (nSPS) is 16.4. The molecule has 626 valence electrons. The Morgan fingerprint density at radius 1 is 0.240 bits per heavy atom. The second-order valence-corrected chi connectivity index (χ2v) is 37.0. The molecule has 0 fully saturated rings. The molecule has 3 aromatic heterocycles. The van der Waals surface area contributed by atoms with Crippen LogP contribution >= 0.6 is 34.0 Å². The summed E-state index contributed by atoms with van der Waals surface area (Å²) in [7, 11) is 0. The summed E-state index contributed by atoms with van der Waals surface area (Å²) in [5, 5.41) is 3.89. The molecule has 0 spiro atoms. The molecule has 129 heavy (non-hydrogen) atoms. The number of rotatable bonds is 24. The predicted octanol–water partition coefficient (Wildman–Crippen LogP) is 34.6. The zero-order valence-electron chi connectivity index (χ0n) is 72.1. The first-order valence-corrected chi connectivity index (χ1v) is 48.1. The molecule has 0 saturated carbocycles. The summed E-state index contributed by atoms with van der Waals surface area (Å²) in [6, 6.07) is 115. The van der Waals surface area contributed by atoms with Crippen LogP contribution in [-0.2, 0) is 0 Å². The molecule has 0 radical (unpaired) electrons. The lowest BCUT2D eigenvalue weighted by Crippen LogP contribution is -2.41. The minimum absolute atomic E-state index is 0.135. The molecule has 0 bridgehead atoms. The number of fused-ring (bicyclic) bond motifs is 6. The molecule has 7 aliphatic rings. The Hall–Kier alpha value is -14.3. The fourth-order valence-corrected chi connectivity index (χ4v) is 24.3. The van der Waals surface area contributed by atoms with Crippen LogP contribution in [0, 0.1) is 0 Å². The topological polar surface area (TPSA) is 19.4 Å². The minimum Gasteiger partial charge on any atom is -0.361 e. The number of hydrogen-bond donors (Lipinski definition) is 0. The van der Waals surface area contributed by atoms with E-state index in [4.69, 9.17) is 0 Å². The third-order valence-corrected chi connectivity index (χ3v) is 29.7. The van der Waals surface area contributed by atoms with Gasteiger partial charge in [-0.15, -0.1) is 34.0 Å². The summed E-state index contributed by atoms with van der Waals surface area (Å²) in [6.45, 7) is 0. The first-order valence-electron chi connectivity index (χ1n) is 45.7. The lowest BCUT2D eigenvalue weighted by atomic mass is 9.87. The van der Waals surface area contributed by atoms with Crippen LogP contribution < -0.4 is 24.5 Å². The van der Waals surface area contributed by atoms with E-state index in [1.54, 1.807) is 0 Å². The molecule has 0 aliphatic heterocycles. The Morgan fingerprint density at radius 2 is 0.605 bits per heavy atom. The van der Waals surface area contributed by atoms with Crippen LogP contribution in [0.5, 0.6) is 0 Å². The van der Waals surface area contributed by atoms with Gasteiger partial charge in [0.05, 0.1) is 12.1 Å². The Kier molecular flexibility index (Phi) is 22.8. The lowest BCUT2D eigenvalue weighted by Gasteiger charge is -2.41. The van der Waals surface area contributed by atoms with Crippen molar-refractivity contribution in [3.63, 3.8) is 0 Å². The Bertz CT molecular complexity index is 7000. The van der Waals surface area contributed by atoms with Gasteiger partial charge in [-0.1, -0.05) is 273 Å². The highest BCUT2D eigenvalue weighted by Crippen LogP contribution is 2.61.